The molecule has 0 spiro atoms. The minimum absolute atomic E-state index is 0.0746. The molecule has 0 fully saturated rings. The van der Waals surface area contributed by atoms with Gasteiger partial charge in [0.2, 0.25) is 5.91 Å². The molecule has 36 heavy (non-hydrogen) atoms. The Morgan fingerprint density at radius 2 is 1.78 bits per heavy atom. The van der Waals surface area contributed by atoms with Crippen molar-refractivity contribution in [2.45, 2.75) is 45.2 Å². The molecule has 0 aromatic heterocycles. The second kappa shape index (κ2) is 11.3. The number of benzene rings is 3. The first-order chi connectivity index (χ1) is 17.4. The van der Waals surface area contributed by atoms with Crippen LogP contribution in [0, 0.1) is 11.3 Å². The molecular weight excluding hydrogens is 474 g/mol. The number of carbonyl (C=O) groups is 2. The number of nitrogens with zero attached hydrogens (tertiary/aromatic N) is 3. The van der Waals surface area contributed by atoms with E-state index in [4.69, 9.17) is 21.6 Å². The van der Waals surface area contributed by atoms with Crippen molar-refractivity contribution in [1.82, 2.24) is 0 Å². The highest BCUT2D eigenvalue weighted by Crippen LogP contribution is 2.42. The maximum Gasteiger partial charge on any atom is 0.258 e. The molecule has 3 aromatic carbocycles. The van der Waals surface area contributed by atoms with E-state index >= 15 is 0 Å². The van der Waals surface area contributed by atoms with Gasteiger partial charge < -0.3 is 14.5 Å². The zero-order chi connectivity index (χ0) is 25.7. The van der Waals surface area contributed by atoms with Crippen LogP contribution in [0.15, 0.2) is 72.8 Å². The van der Waals surface area contributed by atoms with Crippen molar-refractivity contribution in [2.24, 2.45) is 0 Å². The van der Waals surface area contributed by atoms with Crippen molar-refractivity contribution < 1.29 is 14.3 Å². The first-order valence-corrected chi connectivity index (χ1v) is 12.4. The lowest BCUT2D eigenvalue weighted by molar-refractivity contribution is -0.117. The second-order valence-corrected chi connectivity index (χ2v) is 9.27. The number of para-hydroxylation sites is 1. The molecule has 2 unspecified atom stereocenters. The fraction of sp³-hybridized carbons (Fsp3) is 0.276. The third kappa shape index (κ3) is 5.37. The number of amides is 2. The number of nitriles is 1. The zero-order valence-corrected chi connectivity index (χ0v) is 21.1. The predicted molar refractivity (Wildman–Crippen MR) is 141 cm³/mol. The molecule has 1 heterocycles. The molecule has 2 atom stereocenters. The summed E-state index contributed by atoms with van der Waals surface area (Å²) in [5.74, 6) is 0.483. The van der Waals surface area contributed by atoms with Crippen molar-refractivity contribution in [3.63, 3.8) is 0 Å². The van der Waals surface area contributed by atoms with Gasteiger partial charge in [0.15, 0.2) is 0 Å². The number of hydrogen-bond donors (Lipinski definition) is 0. The van der Waals surface area contributed by atoms with Crippen molar-refractivity contribution in [2.75, 3.05) is 16.4 Å². The van der Waals surface area contributed by atoms with Crippen LogP contribution in [0.5, 0.6) is 5.75 Å². The van der Waals surface area contributed by atoms with E-state index in [1.165, 1.54) is 0 Å². The molecule has 1 aliphatic heterocycles. The average molecular weight is 502 g/mol. The summed E-state index contributed by atoms with van der Waals surface area (Å²) in [5.41, 5.74) is 3.04. The Hall–Kier alpha value is -3.82. The van der Waals surface area contributed by atoms with Gasteiger partial charge in [-0.15, -0.1) is 0 Å². The molecule has 0 radical (unpaired) electrons. The summed E-state index contributed by atoms with van der Waals surface area (Å²) in [4.78, 5) is 30.1. The Labute approximate surface area is 216 Å². The van der Waals surface area contributed by atoms with Gasteiger partial charge in [0.05, 0.1) is 18.7 Å². The molecule has 0 N–H and O–H groups in total. The minimum Gasteiger partial charge on any atom is -0.494 e. The van der Waals surface area contributed by atoms with Gasteiger partial charge in [-0.25, -0.2) is 0 Å². The molecule has 0 bridgehead atoms. The van der Waals surface area contributed by atoms with Crippen molar-refractivity contribution >= 4 is 34.8 Å². The Morgan fingerprint density at radius 3 is 2.44 bits per heavy atom. The van der Waals surface area contributed by atoms with Gasteiger partial charge in [0.25, 0.3) is 5.91 Å². The Balaban J connectivity index is 1.62. The Morgan fingerprint density at radius 1 is 1.08 bits per heavy atom. The summed E-state index contributed by atoms with van der Waals surface area (Å²) in [7, 11) is 0. The van der Waals surface area contributed by atoms with E-state index in [9.17, 15) is 9.59 Å². The molecule has 0 saturated heterocycles. The maximum atomic E-state index is 13.7. The largest absolute Gasteiger partial charge is 0.494 e. The number of rotatable bonds is 7. The molecule has 3 aromatic rings. The number of fused-ring (bicyclic) bond motifs is 1. The fourth-order valence-electron chi connectivity index (χ4n) is 4.69. The van der Waals surface area contributed by atoms with Crippen LogP contribution in [0.1, 0.15) is 55.1 Å². The highest BCUT2D eigenvalue weighted by molar-refractivity contribution is 6.30. The Bertz CT molecular complexity index is 1270. The molecule has 0 aliphatic carbocycles. The van der Waals surface area contributed by atoms with Gasteiger partial charge in [-0.3, -0.25) is 9.59 Å². The number of hydrogen-bond acceptors (Lipinski definition) is 4. The van der Waals surface area contributed by atoms with Crippen LogP contribution in [0.25, 0.3) is 0 Å². The quantitative estimate of drug-likeness (QED) is 0.344. The molecule has 184 valence electrons. The molecule has 2 amide bonds. The van der Waals surface area contributed by atoms with E-state index in [1.54, 1.807) is 48.2 Å². The van der Waals surface area contributed by atoms with Gasteiger partial charge in [-0.05, 0) is 79.9 Å². The predicted octanol–water partition coefficient (Wildman–Crippen LogP) is 6.56. The summed E-state index contributed by atoms with van der Waals surface area (Å²) in [5, 5.41) is 9.25. The molecule has 0 saturated carbocycles. The van der Waals surface area contributed by atoms with Crippen molar-refractivity contribution in [3.8, 4) is 11.8 Å². The lowest BCUT2D eigenvalue weighted by Gasteiger charge is -2.43. The number of halogens is 1. The van der Waals surface area contributed by atoms with Crippen molar-refractivity contribution in [1.29, 1.82) is 5.26 Å². The highest BCUT2D eigenvalue weighted by atomic mass is 35.5. The van der Waals surface area contributed by atoms with Gasteiger partial charge in [-0.1, -0.05) is 29.8 Å². The van der Waals surface area contributed by atoms with Crippen LogP contribution in [-0.2, 0) is 4.79 Å². The molecule has 6 nitrogen and oxygen atoms in total. The van der Waals surface area contributed by atoms with E-state index < -0.39 is 0 Å². The first-order valence-electron chi connectivity index (χ1n) is 12.0. The topological polar surface area (TPSA) is 73.6 Å². The minimum atomic E-state index is -0.219. The SMILES string of the molecule is CC(=O)N(c1ccc(Cl)cc1)C1CC(C)N(C(=O)c2ccc(OCCCC#N)cc2)c2ccccc21. The van der Waals surface area contributed by atoms with Crippen LogP contribution < -0.4 is 14.5 Å². The first kappa shape index (κ1) is 25.3. The van der Waals surface area contributed by atoms with E-state index in [-0.39, 0.29) is 23.9 Å². The third-order valence-electron chi connectivity index (χ3n) is 6.34. The normalized spacial score (nSPS) is 16.6. The van der Waals surface area contributed by atoms with Gasteiger partial charge >= 0.3 is 0 Å². The summed E-state index contributed by atoms with van der Waals surface area (Å²) in [6.45, 7) is 4.02. The highest BCUT2D eigenvalue weighted by Gasteiger charge is 2.38. The van der Waals surface area contributed by atoms with Crippen LogP contribution >= 0.6 is 11.6 Å². The van der Waals surface area contributed by atoms with Crippen molar-refractivity contribution in [3.05, 3.63) is 88.9 Å². The van der Waals surface area contributed by atoms with Gasteiger partial charge in [0, 0.05) is 41.3 Å². The molecule has 4 rings (SSSR count). The summed E-state index contributed by atoms with van der Waals surface area (Å²) >= 11 is 6.08. The van der Waals surface area contributed by atoms with Gasteiger partial charge in [0.1, 0.15) is 5.75 Å². The zero-order valence-electron chi connectivity index (χ0n) is 20.4. The van der Waals surface area contributed by atoms with Gasteiger partial charge in [-0.2, -0.15) is 5.26 Å². The van der Waals surface area contributed by atoms with E-state index in [1.807, 2.05) is 48.2 Å². The monoisotopic (exact) mass is 501 g/mol. The molecule has 7 heteroatoms. The lowest BCUT2D eigenvalue weighted by atomic mass is 9.89. The molecular formula is C29H28ClN3O3. The number of unbranched alkanes of at least 4 members (excludes halogenated alkanes) is 1. The number of ether oxygens (including phenoxy) is 1. The second-order valence-electron chi connectivity index (χ2n) is 8.83. The summed E-state index contributed by atoms with van der Waals surface area (Å²) in [6.07, 6.45) is 1.70. The number of carbonyl (C=O) groups excluding carboxylic acids is 2. The standard InChI is InChI=1S/C29H28ClN3O3/c1-20-19-28(33(21(2)34)24-13-11-23(30)12-14-24)26-7-3-4-8-27(26)32(20)29(35)22-9-15-25(16-10-22)36-18-6-5-17-31/h3-4,7-16,20,28H,5-6,18-19H2,1-2H3. The Kier molecular flexibility index (Phi) is 7.92. The number of anilines is 2. The smallest absolute Gasteiger partial charge is 0.258 e. The van der Waals surface area contributed by atoms with E-state index in [2.05, 4.69) is 6.07 Å². The summed E-state index contributed by atoms with van der Waals surface area (Å²) < 4.78 is 5.66. The van der Waals surface area contributed by atoms with Crippen LogP contribution in [0.2, 0.25) is 5.02 Å². The van der Waals surface area contributed by atoms with Crippen LogP contribution in [0.4, 0.5) is 11.4 Å². The maximum absolute atomic E-state index is 13.7. The van der Waals surface area contributed by atoms with E-state index in [0.29, 0.717) is 42.2 Å². The van der Waals surface area contributed by atoms with Crippen LogP contribution in [0.3, 0.4) is 0 Å². The fourth-order valence-corrected chi connectivity index (χ4v) is 4.82. The third-order valence-corrected chi connectivity index (χ3v) is 6.59. The molecule has 1 aliphatic rings. The summed E-state index contributed by atoms with van der Waals surface area (Å²) in [6, 6.07) is 23.8. The average Bonchev–Trinajstić information content (AvgIpc) is 2.88. The van der Waals surface area contributed by atoms with Crippen LogP contribution in [-0.4, -0.2) is 24.5 Å². The van der Waals surface area contributed by atoms with E-state index in [0.717, 1.165) is 16.9 Å². The lowest BCUT2D eigenvalue weighted by Crippen LogP contribution is -2.47.